The summed E-state index contributed by atoms with van der Waals surface area (Å²) in [5.41, 5.74) is 5.94. The Morgan fingerprint density at radius 3 is 2.76 bits per heavy atom. The van der Waals surface area contributed by atoms with Crippen LogP contribution < -0.4 is 10.6 Å². The Morgan fingerprint density at radius 1 is 1.53 bits per heavy atom. The van der Waals surface area contributed by atoms with E-state index in [0.29, 0.717) is 25.3 Å². The lowest BCUT2D eigenvalue weighted by Crippen LogP contribution is -2.31. The summed E-state index contributed by atoms with van der Waals surface area (Å²) in [4.78, 5) is 6.12. The van der Waals surface area contributed by atoms with E-state index in [9.17, 15) is 0 Å². The van der Waals surface area contributed by atoms with E-state index < -0.39 is 0 Å². The van der Waals surface area contributed by atoms with E-state index in [2.05, 4.69) is 4.98 Å². The summed E-state index contributed by atoms with van der Waals surface area (Å²) >= 11 is 0. The number of hydrogen-bond donors (Lipinski definition) is 3. The predicted octanol–water partition coefficient (Wildman–Crippen LogP) is -0.189. The molecule has 0 aromatic carbocycles. The van der Waals surface area contributed by atoms with Crippen LogP contribution in [0.4, 0.5) is 5.82 Å². The molecule has 6 heteroatoms. The number of pyridine rings is 1. The standard InChI is InChI=1S/C11H18N4O2/c1-17-7-5-15(4-6-16)10-3-2-9(8-14-10)11(12)13/h2-3,8,16H,4-7H2,1H3,(H3,12,13). The van der Waals surface area contributed by atoms with Crippen molar-refractivity contribution in [2.45, 2.75) is 0 Å². The number of rotatable bonds is 7. The van der Waals surface area contributed by atoms with Gasteiger partial charge >= 0.3 is 0 Å². The number of hydrogen-bond acceptors (Lipinski definition) is 5. The van der Waals surface area contributed by atoms with E-state index in [4.69, 9.17) is 21.0 Å². The molecule has 0 amide bonds. The molecule has 0 radical (unpaired) electrons. The van der Waals surface area contributed by atoms with Crippen LogP contribution in [-0.4, -0.2) is 49.3 Å². The average molecular weight is 238 g/mol. The zero-order valence-electron chi connectivity index (χ0n) is 9.89. The van der Waals surface area contributed by atoms with Crippen molar-refractivity contribution in [1.29, 1.82) is 5.41 Å². The molecule has 0 saturated heterocycles. The number of aliphatic hydroxyl groups is 1. The SMILES string of the molecule is COCCN(CCO)c1ccc(C(=N)N)cn1. The van der Waals surface area contributed by atoms with Crippen LogP contribution in [0.3, 0.4) is 0 Å². The van der Waals surface area contributed by atoms with Gasteiger partial charge in [0.05, 0.1) is 13.2 Å². The van der Waals surface area contributed by atoms with Crippen LogP contribution in [0.1, 0.15) is 5.56 Å². The van der Waals surface area contributed by atoms with Gasteiger partial charge in [0.2, 0.25) is 0 Å². The maximum absolute atomic E-state index is 8.98. The first-order valence-corrected chi connectivity index (χ1v) is 5.34. The predicted molar refractivity (Wildman–Crippen MR) is 66.4 cm³/mol. The van der Waals surface area contributed by atoms with Crippen molar-refractivity contribution in [3.8, 4) is 0 Å². The lowest BCUT2D eigenvalue weighted by molar-refractivity contribution is 0.202. The smallest absolute Gasteiger partial charge is 0.128 e. The van der Waals surface area contributed by atoms with Gasteiger partial charge in [-0.3, -0.25) is 5.41 Å². The highest BCUT2D eigenvalue weighted by molar-refractivity contribution is 5.94. The Balaban J connectivity index is 2.75. The van der Waals surface area contributed by atoms with Gasteiger partial charge < -0.3 is 20.5 Å². The molecule has 0 aliphatic rings. The summed E-state index contributed by atoms with van der Waals surface area (Å²) in [5, 5.41) is 16.2. The second-order valence-electron chi connectivity index (χ2n) is 3.52. The average Bonchev–Trinajstić information content (AvgIpc) is 2.34. The third-order valence-electron chi connectivity index (χ3n) is 2.32. The molecule has 0 aliphatic carbocycles. The molecule has 1 aromatic heterocycles. The topological polar surface area (TPSA) is 95.5 Å². The monoisotopic (exact) mass is 238 g/mol. The van der Waals surface area contributed by atoms with Gasteiger partial charge in [-0.1, -0.05) is 0 Å². The minimum atomic E-state index is -0.00495. The molecular formula is C11H18N4O2. The molecule has 0 aliphatic heterocycles. The Hall–Kier alpha value is -1.66. The van der Waals surface area contributed by atoms with Crippen LogP contribution in [0, 0.1) is 5.41 Å². The summed E-state index contributed by atoms with van der Waals surface area (Å²) in [5.74, 6) is 0.732. The molecule has 0 saturated carbocycles. The zero-order valence-corrected chi connectivity index (χ0v) is 9.89. The Labute approximate surface area is 101 Å². The van der Waals surface area contributed by atoms with E-state index in [1.165, 1.54) is 0 Å². The fourth-order valence-electron chi connectivity index (χ4n) is 1.40. The van der Waals surface area contributed by atoms with Gasteiger partial charge in [0.15, 0.2) is 0 Å². The molecule has 0 spiro atoms. The number of methoxy groups -OCH3 is 1. The highest BCUT2D eigenvalue weighted by Gasteiger charge is 2.07. The van der Waals surface area contributed by atoms with Crippen LogP contribution in [0.15, 0.2) is 18.3 Å². The number of amidine groups is 1. The number of nitrogens with two attached hydrogens (primary N) is 1. The van der Waals surface area contributed by atoms with Crippen LogP contribution >= 0.6 is 0 Å². The van der Waals surface area contributed by atoms with Crippen molar-refractivity contribution in [1.82, 2.24) is 4.98 Å². The second-order valence-corrected chi connectivity index (χ2v) is 3.52. The maximum Gasteiger partial charge on any atom is 0.128 e. The van der Waals surface area contributed by atoms with Crippen LogP contribution in [-0.2, 0) is 4.74 Å². The number of ether oxygens (including phenoxy) is 1. The van der Waals surface area contributed by atoms with Gasteiger partial charge in [0.1, 0.15) is 11.7 Å². The zero-order chi connectivity index (χ0) is 12.7. The van der Waals surface area contributed by atoms with Crippen molar-refractivity contribution in [3.63, 3.8) is 0 Å². The molecule has 0 unspecified atom stereocenters. The molecule has 0 fully saturated rings. The van der Waals surface area contributed by atoms with Crippen molar-refractivity contribution in [3.05, 3.63) is 23.9 Å². The van der Waals surface area contributed by atoms with Gasteiger partial charge in [0, 0.05) is 32.0 Å². The van der Waals surface area contributed by atoms with Crippen molar-refractivity contribution >= 4 is 11.7 Å². The number of nitrogen functional groups attached to an aromatic ring is 1. The van der Waals surface area contributed by atoms with Gasteiger partial charge in [-0.15, -0.1) is 0 Å². The number of aromatic nitrogens is 1. The molecule has 0 atom stereocenters. The lowest BCUT2D eigenvalue weighted by atomic mass is 10.2. The van der Waals surface area contributed by atoms with Gasteiger partial charge in [-0.25, -0.2) is 4.98 Å². The molecule has 1 rings (SSSR count). The summed E-state index contributed by atoms with van der Waals surface area (Å²) in [7, 11) is 1.63. The van der Waals surface area contributed by atoms with E-state index >= 15 is 0 Å². The number of anilines is 1. The molecular weight excluding hydrogens is 220 g/mol. The molecule has 6 nitrogen and oxygen atoms in total. The van der Waals surface area contributed by atoms with Crippen LogP contribution in [0.25, 0.3) is 0 Å². The number of nitrogens with one attached hydrogen (secondary N) is 1. The molecule has 1 heterocycles. The van der Waals surface area contributed by atoms with E-state index in [0.717, 1.165) is 5.82 Å². The highest BCUT2D eigenvalue weighted by atomic mass is 16.5. The van der Waals surface area contributed by atoms with E-state index in [-0.39, 0.29) is 12.4 Å². The van der Waals surface area contributed by atoms with Crippen LogP contribution in [0.2, 0.25) is 0 Å². The number of aliphatic hydroxyl groups excluding tert-OH is 1. The minimum absolute atomic E-state index is 0.00495. The Kier molecular flexibility index (Phi) is 5.38. The van der Waals surface area contributed by atoms with Gasteiger partial charge in [0.25, 0.3) is 0 Å². The number of nitrogens with zero attached hydrogens (tertiary/aromatic N) is 2. The van der Waals surface area contributed by atoms with Crippen molar-refractivity contribution < 1.29 is 9.84 Å². The Bertz CT molecular complexity index is 353. The molecule has 4 N–H and O–H groups in total. The normalized spacial score (nSPS) is 10.2. The van der Waals surface area contributed by atoms with Crippen LogP contribution in [0.5, 0.6) is 0 Å². The second kappa shape index (κ2) is 6.82. The third-order valence-corrected chi connectivity index (χ3v) is 2.32. The lowest BCUT2D eigenvalue weighted by Gasteiger charge is -2.22. The Morgan fingerprint density at radius 2 is 2.29 bits per heavy atom. The first kappa shape index (κ1) is 13.4. The molecule has 1 aromatic rings. The minimum Gasteiger partial charge on any atom is -0.395 e. The molecule has 94 valence electrons. The van der Waals surface area contributed by atoms with Gasteiger partial charge in [-0.2, -0.15) is 0 Å². The fourth-order valence-corrected chi connectivity index (χ4v) is 1.40. The quantitative estimate of drug-likeness (QED) is 0.452. The molecule has 0 bridgehead atoms. The largest absolute Gasteiger partial charge is 0.395 e. The van der Waals surface area contributed by atoms with Crippen molar-refractivity contribution in [2.75, 3.05) is 38.3 Å². The van der Waals surface area contributed by atoms with Gasteiger partial charge in [-0.05, 0) is 12.1 Å². The summed E-state index contributed by atoms with van der Waals surface area (Å²) in [6.45, 7) is 1.77. The highest BCUT2D eigenvalue weighted by Crippen LogP contribution is 2.10. The third kappa shape index (κ3) is 4.01. The first-order valence-electron chi connectivity index (χ1n) is 5.34. The summed E-state index contributed by atoms with van der Waals surface area (Å²) < 4.78 is 5.00. The molecule has 17 heavy (non-hydrogen) atoms. The fraction of sp³-hybridized carbons (Fsp3) is 0.455. The summed E-state index contributed by atoms with van der Waals surface area (Å²) in [6, 6.07) is 3.52. The van der Waals surface area contributed by atoms with Crippen molar-refractivity contribution in [2.24, 2.45) is 5.73 Å². The maximum atomic E-state index is 8.98. The van der Waals surface area contributed by atoms with E-state index in [1.807, 2.05) is 4.90 Å². The van der Waals surface area contributed by atoms with E-state index in [1.54, 1.807) is 25.4 Å². The summed E-state index contributed by atoms with van der Waals surface area (Å²) in [6.07, 6.45) is 1.55. The first-order chi connectivity index (χ1) is 8.19.